The third kappa shape index (κ3) is 4.57. The molecule has 0 saturated heterocycles. The standard InChI is InChI=1S/C19H24FNO/c1-2-3-12-22-19-7-5-4-6-16(19)13-17(14-21)15-8-10-18(20)11-9-15/h4-11,17H,2-3,12-14,21H2,1H3. The van der Waals surface area contributed by atoms with Gasteiger partial charge < -0.3 is 10.5 Å². The predicted octanol–water partition coefficient (Wildman–Crippen LogP) is 4.29. The Morgan fingerprint density at radius 2 is 1.82 bits per heavy atom. The molecule has 2 rings (SSSR count). The van der Waals surface area contributed by atoms with Gasteiger partial charge in [-0.05, 0) is 48.7 Å². The molecule has 2 N–H and O–H groups in total. The average molecular weight is 301 g/mol. The van der Waals surface area contributed by atoms with Gasteiger partial charge in [0.05, 0.1) is 6.61 Å². The van der Waals surface area contributed by atoms with Crippen LogP contribution in [0.4, 0.5) is 4.39 Å². The van der Waals surface area contributed by atoms with Crippen molar-refractivity contribution in [3.8, 4) is 5.75 Å². The summed E-state index contributed by atoms with van der Waals surface area (Å²) in [6, 6.07) is 14.7. The number of unbranched alkanes of at least 4 members (excludes halogenated alkanes) is 1. The van der Waals surface area contributed by atoms with Gasteiger partial charge in [-0.25, -0.2) is 4.39 Å². The van der Waals surface area contributed by atoms with E-state index in [0.717, 1.165) is 42.7 Å². The van der Waals surface area contributed by atoms with Crippen molar-refractivity contribution >= 4 is 0 Å². The van der Waals surface area contributed by atoms with Gasteiger partial charge in [-0.15, -0.1) is 0 Å². The van der Waals surface area contributed by atoms with Crippen LogP contribution in [-0.2, 0) is 6.42 Å². The van der Waals surface area contributed by atoms with Crippen molar-refractivity contribution < 1.29 is 9.13 Å². The number of nitrogens with two attached hydrogens (primary N) is 1. The normalized spacial score (nSPS) is 12.1. The Morgan fingerprint density at radius 1 is 1.09 bits per heavy atom. The third-order valence-corrected chi connectivity index (χ3v) is 3.82. The fourth-order valence-corrected chi connectivity index (χ4v) is 2.48. The quantitative estimate of drug-likeness (QED) is 0.738. The van der Waals surface area contributed by atoms with Gasteiger partial charge in [0.2, 0.25) is 0 Å². The van der Waals surface area contributed by atoms with Gasteiger partial charge in [0.1, 0.15) is 11.6 Å². The molecule has 0 aliphatic carbocycles. The fourth-order valence-electron chi connectivity index (χ4n) is 2.48. The molecule has 2 nitrogen and oxygen atoms in total. The molecule has 2 aromatic carbocycles. The highest BCUT2D eigenvalue weighted by Gasteiger charge is 2.13. The maximum Gasteiger partial charge on any atom is 0.123 e. The SMILES string of the molecule is CCCCOc1ccccc1CC(CN)c1ccc(F)cc1. The molecule has 0 fully saturated rings. The molecule has 3 heteroatoms. The summed E-state index contributed by atoms with van der Waals surface area (Å²) in [5.41, 5.74) is 8.14. The van der Waals surface area contributed by atoms with Crippen LogP contribution in [0.25, 0.3) is 0 Å². The Balaban J connectivity index is 2.12. The topological polar surface area (TPSA) is 35.2 Å². The van der Waals surface area contributed by atoms with Crippen LogP contribution in [0.5, 0.6) is 5.75 Å². The molecule has 22 heavy (non-hydrogen) atoms. The number of ether oxygens (including phenoxy) is 1. The highest BCUT2D eigenvalue weighted by molar-refractivity contribution is 5.35. The third-order valence-electron chi connectivity index (χ3n) is 3.82. The molecule has 0 aliphatic heterocycles. The number of hydrogen-bond donors (Lipinski definition) is 1. The lowest BCUT2D eigenvalue weighted by Crippen LogP contribution is -2.15. The van der Waals surface area contributed by atoms with Crippen LogP contribution < -0.4 is 10.5 Å². The molecule has 0 radical (unpaired) electrons. The van der Waals surface area contributed by atoms with Gasteiger partial charge in [-0.3, -0.25) is 0 Å². The second-order valence-corrected chi connectivity index (χ2v) is 5.50. The number of rotatable bonds is 8. The largest absolute Gasteiger partial charge is 0.493 e. The monoisotopic (exact) mass is 301 g/mol. The molecule has 118 valence electrons. The number of para-hydroxylation sites is 1. The number of hydrogen-bond acceptors (Lipinski definition) is 2. The Kier molecular flexibility index (Phi) is 6.41. The first-order valence-corrected chi connectivity index (χ1v) is 7.90. The lowest BCUT2D eigenvalue weighted by molar-refractivity contribution is 0.305. The Labute approximate surface area is 132 Å². The molecular weight excluding hydrogens is 277 g/mol. The first kappa shape index (κ1) is 16.5. The van der Waals surface area contributed by atoms with Crippen LogP contribution in [0, 0.1) is 5.82 Å². The van der Waals surface area contributed by atoms with Crippen molar-refractivity contribution in [2.45, 2.75) is 32.1 Å². The van der Waals surface area contributed by atoms with Crippen molar-refractivity contribution in [1.29, 1.82) is 0 Å². The van der Waals surface area contributed by atoms with E-state index in [-0.39, 0.29) is 11.7 Å². The Morgan fingerprint density at radius 3 is 2.50 bits per heavy atom. The van der Waals surface area contributed by atoms with Gasteiger partial charge in [0.15, 0.2) is 0 Å². The first-order chi connectivity index (χ1) is 10.7. The Hall–Kier alpha value is -1.87. The van der Waals surface area contributed by atoms with E-state index in [1.54, 1.807) is 0 Å². The van der Waals surface area contributed by atoms with E-state index >= 15 is 0 Å². The second-order valence-electron chi connectivity index (χ2n) is 5.50. The lowest BCUT2D eigenvalue weighted by Gasteiger charge is -2.18. The maximum absolute atomic E-state index is 13.1. The summed E-state index contributed by atoms with van der Waals surface area (Å²) in [6.07, 6.45) is 2.96. The highest BCUT2D eigenvalue weighted by atomic mass is 19.1. The van der Waals surface area contributed by atoms with Gasteiger partial charge in [-0.1, -0.05) is 43.7 Å². The molecule has 1 atom stereocenters. The maximum atomic E-state index is 13.1. The summed E-state index contributed by atoms with van der Waals surface area (Å²) in [7, 11) is 0. The minimum absolute atomic E-state index is 0.163. The predicted molar refractivity (Wildman–Crippen MR) is 88.7 cm³/mol. The average Bonchev–Trinajstić information content (AvgIpc) is 2.55. The molecule has 0 bridgehead atoms. The molecule has 0 saturated carbocycles. The number of halogens is 1. The summed E-state index contributed by atoms with van der Waals surface area (Å²) in [6.45, 7) is 3.40. The second kappa shape index (κ2) is 8.54. The molecule has 0 spiro atoms. The fraction of sp³-hybridized carbons (Fsp3) is 0.368. The van der Waals surface area contributed by atoms with Gasteiger partial charge in [0.25, 0.3) is 0 Å². The molecule has 2 aromatic rings. The lowest BCUT2D eigenvalue weighted by atomic mass is 9.91. The van der Waals surface area contributed by atoms with E-state index in [0.29, 0.717) is 6.54 Å². The minimum Gasteiger partial charge on any atom is -0.493 e. The van der Waals surface area contributed by atoms with Crippen LogP contribution in [0.1, 0.15) is 36.8 Å². The molecule has 0 aromatic heterocycles. The first-order valence-electron chi connectivity index (χ1n) is 7.90. The van der Waals surface area contributed by atoms with Gasteiger partial charge in [0, 0.05) is 5.92 Å². The van der Waals surface area contributed by atoms with E-state index < -0.39 is 0 Å². The summed E-state index contributed by atoms with van der Waals surface area (Å²) in [5, 5.41) is 0. The molecule has 1 unspecified atom stereocenters. The molecule has 0 aliphatic rings. The van der Waals surface area contributed by atoms with E-state index in [1.807, 2.05) is 30.3 Å². The van der Waals surface area contributed by atoms with Crippen molar-refractivity contribution in [3.05, 3.63) is 65.5 Å². The van der Waals surface area contributed by atoms with E-state index in [9.17, 15) is 4.39 Å². The van der Waals surface area contributed by atoms with Gasteiger partial charge in [-0.2, -0.15) is 0 Å². The van der Waals surface area contributed by atoms with E-state index in [2.05, 4.69) is 13.0 Å². The summed E-state index contributed by atoms with van der Waals surface area (Å²) in [4.78, 5) is 0. The van der Waals surface area contributed by atoms with Crippen LogP contribution in [0.3, 0.4) is 0 Å². The number of benzene rings is 2. The van der Waals surface area contributed by atoms with Crippen LogP contribution in [-0.4, -0.2) is 13.2 Å². The summed E-state index contributed by atoms with van der Waals surface area (Å²) in [5.74, 6) is 0.871. The van der Waals surface area contributed by atoms with Gasteiger partial charge >= 0.3 is 0 Å². The van der Waals surface area contributed by atoms with E-state index in [4.69, 9.17) is 10.5 Å². The molecule has 0 amide bonds. The Bertz CT molecular complexity index is 568. The van der Waals surface area contributed by atoms with Crippen molar-refractivity contribution in [2.24, 2.45) is 5.73 Å². The van der Waals surface area contributed by atoms with Crippen LogP contribution in [0.2, 0.25) is 0 Å². The van der Waals surface area contributed by atoms with Crippen molar-refractivity contribution in [3.63, 3.8) is 0 Å². The molecule has 0 heterocycles. The zero-order valence-electron chi connectivity index (χ0n) is 13.1. The summed E-state index contributed by atoms with van der Waals surface area (Å²) < 4.78 is 18.9. The van der Waals surface area contributed by atoms with Crippen LogP contribution >= 0.6 is 0 Å². The van der Waals surface area contributed by atoms with Crippen molar-refractivity contribution in [2.75, 3.05) is 13.2 Å². The van der Waals surface area contributed by atoms with Crippen molar-refractivity contribution in [1.82, 2.24) is 0 Å². The van der Waals surface area contributed by atoms with E-state index in [1.165, 1.54) is 12.1 Å². The highest BCUT2D eigenvalue weighted by Crippen LogP contribution is 2.26. The zero-order chi connectivity index (χ0) is 15.8. The van der Waals surface area contributed by atoms with Crippen LogP contribution in [0.15, 0.2) is 48.5 Å². The minimum atomic E-state index is -0.220. The summed E-state index contributed by atoms with van der Waals surface area (Å²) >= 11 is 0. The smallest absolute Gasteiger partial charge is 0.123 e. The zero-order valence-corrected chi connectivity index (χ0v) is 13.1. The molecular formula is C19H24FNO.